The van der Waals surface area contributed by atoms with Gasteiger partial charge in [0.15, 0.2) is 0 Å². The highest BCUT2D eigenvalue weighted by Crippen LogP contribution is 2.15. The zero-order chi connectivity index (χ0) is 34.8. The number of hydrogen-bond donors (Lipinski definition) is 0. The van der Waals surface area contributed by atoms with Crippen LogP contribution < -0.4 is 0 Å². The molecule has 0 amide bonds. The summed E-state index contributed by atoms with van der Waals surface area (Å²) in [6.07, 6.45) is 31.4. The van der Waals surface area contributed by atoms with Crippen LogP contribution in [-0.2, 0) is 35.2 Å². The summed E-state index contributed by atoms with van der Waals surface area (Å²) in [6, 6.07) is 9.35. The molecule has 276 valence electrons. The Kier molecular flexibility index (Phi) is 30.1. The summed E-state index contributed by atoms with van der Waals surface area (Å²) in [5.41, 5.74) is 0.835. The Labute approximate surface area is 294 Å². The monoisotopic (exact) mass is 673 g/mol. The summed E-state index contributed by atoms with van der Waals surface area (Å²) in [6.45, 7) is 4.27. The van der Waals surface area contributed by atoms with E-state index in [0.717, 1.165) is 44.1 Å². The first kappa shape index (κ1) is 43.7. The van der Waals surface area contributed by atoms with Gasteiger partial charge < -0.3 is 14.2 Å². The van der Waals surface area contributed by atoms with E-state index in [1.165, 1.54) is 128 Å². The highest BCUT2D eigenvalue weighted by molar-refractivity contribution is 5.80. The number of hydrogen-bond acceptors (Lipinski definition) is 6. The van der Waals surface area contributed by atoms with Crippen molar-refractivity contribution in [2.24, 2.45) is 0 Å². The number of carbonyl (C=O) groups excluding carboxylic acids is 3. The normalized spacial score (nSPS) is 11.7. The first-order valence-corrected chi connectivity index (χ1v) is 20.1. The molecule has 0 fully saturated rings. The van der Waals surface area contributed by atoms with Gasteiger partial charge >= 0.3 is 17.9 Å². The fourth-order valence-corrected chi connectivity index (χ4v) is 6.00. The minimum absolute atomic E-state index is 0.0689. The third kappa shape index (κ3) is 27.6. The van der Waals surface area contributed by atoms with Crippen molar-refractivity contribution in [3.63, 3.8) is 0 Å². The molecule has 6 heteroatoms. The van der Waals surface area contributed by atoms with Crippen molar-refractivity contribution in [2.75, 3.05) is 6.61 Å². The van der Waals surface area contributed by atoms with Crippen LogP contribution in [0, 0.1) is 0 Å². The van der Waals surface area contributed by atoms with E-state index in [1.807, 2.05) is 30.3 Å². The number of carbonyl (C=O) groups is 3. The fraction of sp³-hybridized carbons (Fsp3) is 0.786. The smallest absolute Gasteiger partial charge is 0.351 e. The molecule has 0 spiro atoms. The predicted octanol–water partition coefficient (Wildman–Crippen LogP) is 12.1. The minimum atomic E-state index is -1.25. The molecule has 1 aromatic rings. The molecule has 0 aromatic heterocycles. The first-order chi connectivity index (χ1) is 23.6. The van der Waals surface area contributed by atoms with Crippen molar-refractivity contribution in [1.82, 2.24) is 0 Å². The SMILES string of the molecule is CCCCCCCCCCCCCCCC(=O)OCC(OC(=O)CCCCCCCCCCCCCCC)C(=O)OCc1ccccc1. The lowest BCUT2D eigenvalue weighted by Gasteiger charge is -2.17. The van der Waals surface area contributed by atoms with Gasteiger partial charge in [-0.15, -0.1) is 0 Å². The lowest BCUT2D eigenvalue weighted by molar-refractivity contribution is -0.175. The average molecular weight is 673 g/mol. The molecular weight excluding hydrogens is 600 g/mol. The third-order valence-electron chi connectivity index (χ3n) is 9.13. The Morgan fingerprint density at radius 3 is 1.27 bits per heavy atom. The standard InChI is InChI=1S/C42H72O6/c1-3-5-7-9-11-13-15-17-19-21-23-25-30-34-40(43)46-37-39(42(45)47-36-38-32-28-27-29-33-38)48-41(44)35-31-26-24-22-20-18-16-14-12-10-8-6-4-2/h27-29,32-33,39H,3-26,30-31,34-37H2,1-2H3. The van der Waals surface area contributed by atoms with Crippen molar-refractivity contribution in [2.45, 2.75) is 206 Å². The van der Waals surface area contributed by atoms with Gasteiger partial charge in [0.25, 0.3) is 0 Å². The second-order valence-electron chi connectivity index (χ2n) is 13.7. The fourth-order valence-electron chi connectivity index (χ4n) is 6.00. The highest BCUT2D eigenvalue weighted by atomic mass is 16.6. The number of esters is 3. The number of ether oxygens (including phenoxy) is 3. The first-order valence-electron chi connectivity index (χ1n) is 20.1. The third-order valence-corrected chi connectivity index (χ3v) is 9.13. The van der Waals surface area contributed by atoms with Crippen molar-refractivity contribution >= 4 is 17.9 Å². The highest BCUT2D eigenvalue weighted by Gasteiger charge is 2.26. The molecule has 1 unspecified atom stereocenters. The largest absolute Gasteiger partial charge is 0.461 e. The molecule has 0 N–H and O–H groups in total. The van der Waals surface area contributed by atoms with Gasteiger partial charge in [-0.2, -0.15) is 0 Å². The van der Waals surface area contributed by atoms with E-state index in [4.69, 9.17) is 14.2 Å². The number of benzene rings is 1. The molecule has 1 atom stereocenters. The Bertz CT molecular complexity index is 885. The molecular formula is C42H72O6. The zero-order valence-corrected chi connectivity index (χ0v) is 31.1. The molecule has 0 bridgehead atoms. The summed E-state index contributed by atoms with van der Waals surface area (Å²) >= 11 is 0. The van der Waals surface area contributed by atoms with Gasteiger partial charge in [0.2, 0.25) is 6.10 Å². The van der Waals surface area contributed by atoms with Gasteiger partial charge in [0.1, 0.15) is 13.2 Å². The topological polar surface area (TPSA) is 78.9 Å². The van der Waals surface area contributed by atoms with Crippen LogP contribution in [0.5, 0.6) is 0 Å². The molecule has 0 aliphatic rings. The molecule has 0 saturated heterocycles. The molecule has 0 aliphatic heterocycles. The van der Waals surface area contributed by atoms with E-state index in [9.17, 15) is 14.4 Å². The molecule has 48 heavy (non-hydrogen) atoms. The number of rotatable bonds is 34. The van der Waals surface area contributed by atoms with E-state index in [-0.39, 0.29) is 25.6 Å². The van der Waals surface area contributed by atoms with Crippen LogP contribution in [0.4, 0.5) is 0 Å². The second kappa shape index (κ2) is 33.1. The van der Waals surface area contributed by atoms with Crippen molar-refractivity contribution < 1.29 is 28.6 Å². The van der Waals surface area contributed by atoms with Crippen molar-refractivity contribution in [1.29, 1.82) is 0 Å². The van der Waals surface area contributed by atoms with Crippen molar-refractivity contribution in [3.8, 4) is 0 Å². The van der Waals surface area contributed by atoms with Gasteiger partial charge in [-0.3, -0.25) is 9.59 Å². The molecule has 0 aliphatic carbocycles. The average Bonchev–Trinajstić information content (AvgIpc) is 3.10. The molecule has 0 heterocycles. The van der Waals surface area contributed by atoms with E-state index < -0.39 is 18.0 Å². The molecule has 0 saturated carbocycles. The van der Waals surface area contributed by atoms with Gasteiger partial charge in [-0.1, -0.05) is 198 Å². The second-order valence-corrected chi connectivity index (χ2v) is 13.7. The van der Waals surface area contributed by atoms with Crippen LogP contribution >= 0.6 is 0 Å². The van der Waals surface area contributed by atoms with Gasteiger partial charge in [-0.25, -0.2) is 4.79 Å². The lowest BCUT2D eigenvalue weighted by atomic mass is 10.0. The van der Waals surface area contributed by atoms with Crippen LogP contribution in [-0.4, -0.2) is 30.6 Å². The molecule has 6 nitrogen and oxygen atoms in total. The van der Waals surface area contributed by atoms with E-state index in [0.29, 0.717) is 6.42 Å². The summed E-state index contributed by atoms with van der Waals surface area (Å²) in [5.74, 6) is -1.51. The quantitative estimate of drug-likeness (QED) is 0.0412. The minimum Gasteiger partial charge on any atom is -0.461 e. The maximum atomic E-state index is 12.8. The van der Waals surface area contributed by atoms with Crippen molar-refractivity contribution in [3.05, 3.63) is 35.9 Å². The summed E-state index contributed by atoms with van der Waals surface area (Å²) < 4.78 is 16.3. The van der Waals surface area contributed by atoms with E-state index >= 15 is 0 Å². The van der Waals surface area contributed by atoms with Crippen LogP contribution in [0.25, 0.3) is 0 Å². The van der Waals surface area contributed by atoms with Gasteiger partial charge in [-0.05, 0) is 18.4 Å². The zero-order valence-electron chi connectivity index (χ0n) is 31.1. The molecule has 0 radical (unpaired) electrons. The molecule has 1 rings (SSSR count). The Balaban J connectivity index is 2.25. The number of unbranched alkanes of at least 4 members (excludes halogenated alkanes) is 24. The summed E-state index contributed by atoms with van der Waals surface area (Å²) in [7, 11) is 0. The maximum absolute atomic E-state index is 12.8. The van der Waals surface area contributed by atoms with Gasteiger partial charge in [0, 0.05) is 12.8 Å². The predicted molar refractivity (Wildman–Crippen MR) is 198 cm³/mol. The summed E-state index contributed by atoms with van der Waals surface area (Å²) in [5, 5.41) is 0. The van der Waals surface area contributed by atoms with Gasteiger partial charge in [0.05, 0.1) is 0 Å². The Morgan fingerprint density at radius 1 is 0.479 bits per heavy atom. The Morgan fingerprint density at radius 2 is 0.854 bits per heavy atom. The summed E-state index contributed by atoms with van der Waals surface area (Å²) in [4.78, 5) is 37.9. The van der Waals surface area contributed by atoms with Crippen LogP contribution in [0.15, 0.2) is 30.3 Å². The Hall–Kier alpha value is -2.37. The van der Waals surface area contributed by atoms with E-state index in [1.54, 1.807) is 0 Å². The molecule has 1 aromatic carbocycles. The van der Waals surface area contributed by atoms with E-state index in [2.05, 4.69) is 13.8 Å². The van der Waals surface area contributed by atoms with Crippen LogP contribution in [0.1, 0.15) is 199 Å². The van der Waals surface area contributed by atoms with Crippen LogP contribution in [0.2, 0.25) is 0 Å². The van der Waals surface area contributed by atoms with Crippen LogP contribution in [0.3, 0.4) is 0 Å². The maximum Gasteiger partial charge on any atom is 0.351 e. The lowest BCUT2D eigenvalue weighted by Crippen LogP contribution is -2.34.